The molecule has 46 heavy (non-hydrogen) atoms. The van der Waals surface area contributed by atoms with Crippen molar-refractivity contribution < 1.29 is 49.3 Å². The second kappa shape index (κ2) is 14.3. The first kappa shape index (κ1) is 34.2. The molecule has 0 radical (unpaired) electrons. The number of alkyl halides is 5. The van der Waals surface area contributed by atoms with Crippen LogP contribution in [0.2, 0.25) is 0 Å². The number of rotatable bonds is 10. The molecule has 3 aromatic rings. The van der Waals surface area contributed by atoms with Gasteiger partial charge in [-0.2, -0.15) is 22.0 Å². The van der Waals surface area contributed by atoms with Gasteiger partial charge in [-0.15, -0.1) is 0 Å². The van der Waals surface area contributed by atoms with Crippen molar-refractivity contribution >= 4 is 0 Å². The number of unbranched alkanes of at least 4 members (excludes halogenated alkanes) is 2. The van der Waals surface area contributed by atoms with Gasteiger partial charge in [-0.05, 0) is 79.5 Å². The van der Waals surface area contributed by atoms with Crippen molar-refractivity contribution in [1.82, 2.24) is 0 Å². The largest absolute Gasteiger partial charge is 0.432 e. The quantitative estimate of drug-likeness (QED) is 0.161. The third-order valence-electron chi connectivity index (χ3n) is 8.90. The Labute approximate surface area is 262 Å². The van der Waals surface area contributed by atoms with Crippen molar-refractivity contribution in [3.8, 4) is 16.9 Å². The lowest BCUT2D eigenvalue weighted by Gasteiger charge is -2.34. The van der Waals surface area contributed by atoms with Crippen molar-refractivity contribution in [3.63, 3.8) is 0 Å². The molecule has 1 aliphatic heterocycles. The molecule has 0 spiro atoms. The minimum Gasteiger partial charge on any atom is -0.432 e. The molecule has 3 nitrogen and oxygen atoms in total. The molecule has 0 atom stereocenters. The van der Waals surface area contributed by atoms with E-state index in [4.69, 9.17) is 14.2 Å². The second-order valence-electron chi connectivity index (χ2n) is 12.2. The Balaban J connectivity index is 1.16. The van der Waals surface area contributed by atoms with Crippen molar-refractivity contribution in [2.75, 3.05) is 13.2 Å². The van der Waals surface area contributed by atoms with E-state index in [1.807, 2.05) is 0 Å². The van der Waals surface area contributed by atoms with E-state index in [0.29, 0.717) is 61.3 Å². The molecule has 1 aliphatic carbocycles. The molecule has 1 heterocycles. The van der Waals surface area contributed by atoms with Crippen LogP contribution in [0.3, 0.4) is 0 Å². The highest BCUT2D eigenvalue weighted by molar-refractivity contribution is 5.65. The lowest BCUT2D eigenvalue weighted by Crippen LogP contribution is -2.37. The molecule has 0 unspecified atom stereocenters. The predicted molar refractivity (Wildman–Crippen MR) is 156 cm³/mol. The molecular formula is C35H36F8O3. The molecule has 0 bridgehead atoms. The number of ether oxygens (including phenoxy) is 3. The standard InChI is InChI=1S/C35H36F8O3/c1-2-3-4-5-21-19-44-33(45-20-21)24-8-13-27(30(36)17-24)22-6-10-25(11-7-22)35(42,43)46-26-12-14-28(31(37)18-26)23-9-15-29(32(38)16-23)34(39,40)41/h8-9,12-18,21-22,25,33H,2-7,10-11,19-20H2,1H3. The van der Waals surface area contributed by atoms with Gasteiger partial charge in [0.2, 0.25) is 0 Å². The number of halogens is 8. The summed E-state index contributed by atoms with van der Waals surface area (Å²) in [5, 5.41) is 0. The van der Waals surface area contributed by atoms with Gasteiger partial charge in [0.25, 0.3) is 0 Å². The zero-order valence-electron chi connectivity index (χ0n) is 25.3. The normalized spacial score (nSPS) is 22.5. The molecule has 0 aromatic heterocycles. The predicted octanol–water partition coefficient (Wildman–Crippen LogP) is 11.0. The summed E-state index contributed by atoms with van der Waals surface area (Å²) in [5.41, 5.74) is -0.948. The van der Waals surface area contributed by atoms with Crippen LogP contribution in [0.25, 0.3) is 11.1 Å². The fourth-order valence-electron chi connectivity index (χ4n) is 6.29. The molecule has 11 heteroatoms. The van der Waals surface area contributed by atoms with Crippen LogP contribution >= 0.6 is 0 Å². The lowest BCUT2D eigenvalue weighted by molar-refractivity contribution is -0.222. The first-order chi connectivity index (χ1) is 21.9. The zero-order valence-corrected chi connectivity index (χ0v) is 25.3. The summed E-state index contributed by atoms with van der Waals surface area (Å²) in [7, 11) is 0. The van der Waals surface area contributed by atoms with Gasteiger partial charge in [-0.1, -0.05) is 44.4 Å². The van der Waals surface area contributed by atoms with Crippen LogP contribution < -0.4 is 4.74 Å². The number of hydrogen-bond donors (Lipinski definition) is 0. The summed E-state index contributed by atoms with van der Waals surface area (Å²) >= 11 is 0. The van der Waals surface area contributed by atoms with E-state index in [0.717, 1.165) is 43.9 Å². The molecule has 0 N–H and O–H groups in total. The lowest BCUT2D eigenvalue weighted by atomic mass is 9.78. The Morgan fingerprint density at radius 1 is 0.761 bits per heavy atom. The Kier molecular flexibility index (Phi) is 10.6. The van der Waals surface area contributed by atoms with E-state index >= 15 is 13.2 Å². The minimum absolute atomic E-state index is 0.0402. The topological polar surface area (TPSA) is 27.7 Å². The van der Waals surface area contributed by atoms with Gasteiger partial charge in [0.15, 0.2) is 6.29 Å². The Morgan fingerprint density at radius 2 is 1.48 bits per heavy atom. The molecule has 1 saturated heterocycles. The van der Waals surface area contributed by atoms with Gasteiger partial charge in [0.1, 0.15) is 23.2 Å². The van der Waals surface area contributed by atoms with Gasteiger partial charge in [-0.25, -0.2) is 13.2 Å². The maximum Gasteiger partial charge on any atom is 0.419 e. The highest BCUT2D eigenvalue weighted by Crippen LogP contribution is 2.44. The van der Waals surface area contributed by atoms with Gasteiger partial charge in [-0.3, -0.25) is 0 Å². The van der Waals surface area contributed by atoms with E-state index in [9.17, 15) is 22.0 Å². The summed E-state index contributed by atoms with van der Waals surface area (Å²) in [6, 6.07) is 9.51. The summed E-state index contributed by atoms with van der Waals surface area (Å²) in [5.74, 6) is -4.72. The van der Waals surface area contributed by atoms with E-state index in [2.05, 4.69) is 6.92 Å². The Morgan fingerprint density at radius 3 is 2.09 bits per heavy atom. The van der Waals surface area contributed by atoms with Crippen LogP contribution in [0.4, 0.5) is 35.1 Å². The van der Waals surface area contributed by atoms with Gasteiger partial charge in [0, 0.05) is 23.1 Å². The molecule has 3 aromatic carbocycles. The average molecular weight is 657 g/mol. The minimum atomic E-state index is -4.92. The monoisotopic (exact) mass is 656 g/mol. The van der Waals surface area contributed by atoms with Gasteiger partial charge >= 0.3 is 12.3 Å². The van der Waals surface area contributed by atoms with Gasteiger partial charge < -0.3 is 14.2 Å². The molecule has 250 valence electrons. The first-order valence-corrected chi connectivity index (χ1v) is 15.6. The summed E-state index contributed by atoms with van der Waals surface area (Å²) in [6.45, 7) is 3.25. The van der Waals surface area contributed by atoms with Crippen molar-refractivity contribution in [1.29, 1.82) is 0 Å². The molecule has 0 amide bonds. The van der Waals surface area contributed by atoms with Crippen LogP contribution in [0, 0.1) is 29.3 Å². The van der Waals surface area contributed by atoms with E-state index in [1.165, 1.54) is 6.07 Å². The highest BCUT2D eigenvalue weighted by atomic mass is 19.4. The van der Waals surface area contributed by atoms with Crippen molar-refractivity contribution in [2.45, 2.75) is 82.8 Å². The summed E-state index contributed by atoms with van der Waals surface area (Å²) in [4.78, 5) is 0. The number of hydrogen-bond acceptors (Lipinski definition) is 3. The second-order valence-corrected chi connectivity index (χ2v) is 12.2. The number of benzene rings is 3. The average Bonchev–Trinajstić information content (AvgIpc) is 3.01. The third-order valence-corrected chi connectivity index (χ3v) is 8.90. The fourth-order valence-corrected chi connectivity index (χ4v) is 6.29. The maximum absolute atomic E-state index is 15.2. The molecule has 1 saturated carbocycles. The Bertz CT molecular complexity index is 1480. The van der Waals surface area contributed by atoms with Gasteiger partial charge in [0.05, 0.1) is 24.7 Å². The molecular weight excluding hydrogens is 620 g/mol. The first-order valence-electron chi connectivity index (χ1n) is 15.6. The van der Waals surface area contributed by atoms with Crippen LogP contribution in [0.1, 0.15) is 87.2 Å². The Hall–Kier alpha value is -3.18. The summed E-state index contributed by atoms with van der Waals surface area (Å²) in [6.07, 6.45) is -4.11. The van der Waals surface area contributed by atoms with E-state index in [1.54, 1.807) is 12.1 Å². The molecule has 2 aliphatic rings. The zero-order chi connectivity index (χ0) is 33.1. The fraction of sp³-hybridized carbons (Fsp3) is 0.486. The van der Waals surface area contributed by atoms with E-state index in [-0.39, 0.29) is 29.9 Å². The molecule has 2 fully saturated rings. The SMILES string of the molecule is CCCCCC1COC(c2ccc(C3CCC(C(F)(F)Oc4ccc(-c5ccc(C(F)(F)F)c(F)c5)c(F)c4)CC3)c(F)c2)OC1. The van der Waals surface area contributed by atoms with Crippen LogP contribution in [-0.4, -0.2) is 19.3 Å². The van der Waals surface area contributed by atoms with Crippen molar-refractivity contribution in [3.05, 3.63) is 88.7 Å². The van der Waals surface area contributed by atoms with Crippen LogP contribution in [-0.2, 0) is 15.7 Å². The highest BCUT2D eigenvalue weighted by Gasteiger charge is 2.44. The van der Waals surface area contributed by atoms with Crippen LogP contribution in [0.15, 0.2) is 54.6 Å². The third kappa shape index (κ3) is 8.02. The molecule has 5 rings (SSSR count). The maximum atomic E-state index is 15.2. The van der Waals surface area contributed by atoms with E-state index < -0.39 is 53.3 Å². The van der Waals surface area contributed by atoms with Crippen molar-refractivity contribution in [2.24, 2.45) is 11.8 Å². The smallest absolute Gasteiger partial charge is 0.419 e. The summed E-state index contributed by atoms with van der Waals surface area (Å²) < 4.78 is 129. The van der Waals surface area contributed by atoms with Crippen LogP contribution in [0.5, 0.6) is 5.75 Å².